The second-order valence-corrected chi connectivity index (χ2v) is 7.57. The van der Waals surface area contributed by atoms with E-state index < -0.39 is 0 Å². The maximum Gasteiger partial charge on any atom is 0.00476 e. The lowest BCUT2D eigenvalue weighted by Crippen LogP contribution is -2.46. The van der Waals surface area contributed by atoms with Gasteiger partial charge in [0.2, 0.25) is 0 Å². The molecule has 1 fully saturated rings. The Morgan fingerprint density at radius 2 is 2.11 bits per heavy atom. The predicted octanol–water partition coefficient (Wildman–Crippen LogP) is 3.77. The van der Waals surface area contributed by atoms with Crippen molar-refractivity contribution in [3.8, 4) is 0 Å². The van der Waals surface area contributed by atoms with Gasteiger partial charge < -0.3 is 10.2 Å². The highest BCUT2D eigenvalue weighted by Gasteiger charge is 2.28. The van der Waals surface area contributed by atoms with Crippen molar-refractivity contribution in [1.82, 2.24) is 10.2 Å². The van der Waals surface area contributed by atoms with Crippen LogP contribution in [0.25, 0.3) is 0 Å². The molecule has 1 aliphatic heterocycles. The molecule has 0 aromatic rings. The van der Waals surface area contributed by atoms with E-state index in [0.29, 0.717) is 5.41 Å². The highest BCUT2D eigenvalue weighted by atomic mass is 15.1. The molecule has 0 aliphatic carbocycles. The predicted molar refractivity (Wildman–Crippen MR) is 85.6 cm³/mol. The van der Waals surface area contributed by atoms with Crippen LogP contribution in [-0.4, -0.2) is 37.6 Å². The summed E-state index contributed by atoms with van der Waals surface area (Å²) in [6, 6.07) is 0. The Labute approximate surface area is 121 Å². The van der Waals surface area contributed by atoms with Crippen LogP contribution in [0.5, 0.6) is 0 Å². The van der Waals surface area contributed by atoms with Gasteiger partial charge in [0.05, 0.1) is 0 Å². The van der Waals surface area contributed by atoms with Crippen LogP contribution in [0.3, 0.4) is 0 Å². The molecule has 2 heteroatoms. The zero-order chi connectivity index (χ0) is 14.3. The molecule has 0 bridgehead atoms. The number of piperidine rings is 1. The standard InChI is InChI=1S/C17H36N2/c1-6-9-17(5,13-18-11-15(2)3)14-19-10-7-8-16(4)12-19/h15-16,18H,6-14H2,1-5H3. The van der Waals surface area contributed by atoms with E-state index in [2.05, 4.69) is 44.8 Å². The van der Waals surface area contributed by atoms with Crippen molar-refractivity contribution in [2.24, 2.45) is 17.3 Å². The van der Waals surface area contributed by atoms with Gasteiger partial charge in [-0.3, -0.25) is 0 Å². The normalized spacial score (nSPS) is 24.6. The molecule has 1 saturated heterocycles. The molecule has 0 radical (unpaired) electrons. The number of likely N-dealkylation sites (tertiary alicyclic amines) is 1. The molecule has 0 amide bonds. The minimum Gasteiger partial charge on any atom is -0.316 e. The maximum atomic E-state index is 3.68. The van der Waals surface area contributed by atoms with Crippen molar-refractivity contribution >= 4 is 0 Å². The Kier molecular flexibility index (Phi) is 7.38. The highest BCUT2D eigenvalue weighted by molar-refractivity contribution is 4.83. The van der Waals surface area contributed by atoms with Gasteiger partial charge in [-0.05, 0) is 49.6 Å². The molecule has 1 heterocycles. The third-order valence-corrected chi connectivity index (χ3v) is 4.30. The second kappa shape index (κ2) is 8.26. The molecule has 19 heavy (non-hydrogen) atoms. The lowest BCUT2D eigenvalue weighted by molar-refractivity contribution is 0.108. The molecule has 2 nitrogen and oxygen atoms in total. The largest absolute Gasteiger partial charge is 0.316 e. The number of nitrogens with zero attached hydrogens (tertiary/aromatic N) is 1. The van der Waals surface area contributed by atoms with Crippen LogP contribution in [0, 0.1) is 17.3 Å². The van der Waals surface area contributed by atoms with Crippen molar-refractivity contribution in [3.63, 3.8) is 0 Å². The van der Waals surface area contributed by atoms with Gasteiger partial charge in [-0.2, -0.15) is 0 Å². The van der Waals surface area contributed by atoms with Crippen molar-refractivity contribution in [2.75, 3.05) is 32.7 Å². The summed E-state index contributed by atoms with van der Waals surface area (Å²) >= 11 is 0. The molecule has 0 saturated carbocycles. The summed E-state index contributed by atoms with van der Waals surface area (Å²) in [6.45, 7) is 18.0. The molecule has 1 rings (SSSR count). The summed E-state index contributed by atoms with van der Waals surface area (Å²) < 4.78 is 0. The number of hydrogen-bond donors (Lipinski definition) is 1. The van der Waals surface area contributed by atoms with Crippen LogP contribution in [0.2, 0.25) is 0 Å². The van der Waals surface area contributed by atoms with Gasteiger partial charge in [0.25, 0.3) is 0 Å². The first-order chi connectivity index (χ1) is 8.95. The first-order valence-electron chi connectivity index (χ1n) is 8.38. The lowest BCUT2D eigenvalue weighted by atomic mass is 9.83. The first-order valence-corrected chi connectivity index (χ1v) is 8.38. The fourth-order valence-corrected chi connectivity index (χ4v) is 3.46. The number of rotatable bonds is 8. The quantitative estimate of drug-likeness (QED) is 0.721. The molecule has 0 aromatic heterocycles. The molecular formula is C17H36N2. The van der Waals surface area contributed by atoms with Gasteiger partial charge in [-0.15, -0.1) is 0 Å². The maximum absolute atomic E-state index is 3.68. The van der Waals surface area contributed by atoms with Gasteiger partial charge >= 0.3 is 0 Å². The van der Waals surface area contributed by atoms with E-state index in [-0.39, 0.29) is 0 Å². The fourth-order valence-electron chi connectivity index (χ4n) is 3.46. The molecule has 114 valence electrons. The van der Waals surface area contributed by atoms with E-state index in [4.69, 9.17) is 0 Å². The Bertz CT molecular complexity index is 239. The minimum absolute atomic E-state index is 0.445. The average Bonchev–Trinajstić information content (AvgIpc) is 2.28. The summed E-state index contributed by atoms with van der Waals surface area (Å²) in [6.07, 6.45) is 5.45. The topological polar surface area (TPSA) is 15.3 Å². The summed E-state index contributed by atoms with van der Waals surface area (Å²) in [5.41, 5.74) is 0.445. The fraction of sp³-hybridized carbons (Fsp3) is 1.00. The third-order valence-electron chi connectivity index (χ3n) is 4.30. The van der Waals surface area contributed by atoms with E-state index in [1.807, 2.05) is 0 Å². The van der Waals surface area contributed by atoms with Crippen LogP contribution >= 0.6 is 0 Å². The SMILES string of the molecule is CCCC(C)(CNCC(C)C)CN1CCCC(C)C1. The molecule has 0 spiro atoms. The minimum atomic E-state index is 0.445. The van der Waals surface area contributed by atoms with Gasteiger partial charge in [0.15, 0.2) is 0 Å². The zero-order valence-electron chi connectivity index (χ0n) is 14.0. The van der Waals surface area contributed by atoms with Crippen molar-refractivity contribution in [2.45, 2.75) is 60.3 Å². The second-order valence-electron chi connectivity index (χ2n) is 7.57. The monoisotopic (exact) mass is 268 g/mol. The summed E-state index contributed by atoms with van der Waals surface area (Å²) in [5, 5.41) is 3.68. The van der Waals surface area contributed by atoms with Gasteiger partial charge in [0, 0.05) is 19.6 Å². The first kappa shape index (κ1) is 17.0. The zero-order valence-corrected chi connectivity index (χ0v) is 14.0. The Hall–Kier alpha value is -0.0800. The average molecular weight is 268 g/mol. The summed E-state index contributed by atoms with van der Waals surface area (Å²) in [7, 11) is 0. The molecule has 0 aromatic carbocycles. The van der Waals surface area contributed by atoms with Gasteiger partial charge in [-0.25, -0.2) is 0 Å². The Balaban J connectivity index is 2.44. The highest BCUT2D eigenvalue weighted by Crippen LogP contribution is 2.26. The lowest BCUT2D eigenvalue weighted by Gasteiger charge is -2.39. The summed E-state index contributed by atoms with van der Waals surface area (Å²) in [4.78, 5) is 2.71. The number of hydrogen-bond acceptors (Lipinski definition) is 2. The van der Waals surface area contributed by atoms with E-state index >= 15 is 0 Å². The van der Waals surface area contributed by atoms with E-state index in [9.17, 15) is 0 Å². The molecule has 2 atom stereocenters. The van der Waals surface area contributed by atoms with Gasteiger partial charge in [-0.1, -0.05) is 41.0 Å². The molecular weight excluding hydrogens is 232 g/mol. The third kappa shape index (κ3) is 6.76. The van der Waals surface area contributed by atoms with E-state index in [0.717, 1.165) is 18.4 Å². The van der Waals surface area contributed by atoms with Crippen LogP contribution in [-0.2, 0) is 0 Å². The Morgan fingerprint density at radius 1 is 1.37 bits per heavy atom. The van der Waals surface area contributed by atoms with Crippen LogP contribution in [0.1, 0.15) is 60.3 Å². The van der Waals surface area contributed by atoms with Crippen molar-refractivity contribution in [1.29, 1.82) is 0 Å². The van der Waals surface area contributed by atoms with E-state index in [1.54, 1.807) is 0 Å². The Morgan fingerprint density at radius 3 is 2.68 bits per heavy atom. The number of nitrogens with one attached hydrogen (secondary N) is 1. The van der Waals surface area contributed by atoms with E-state index in [1.165, 1.54) is 51.9 Å². The van der Waals surface area contributed by atoms with Gasteiger partial charge in [0.1, 0.15) is 0 Å². The van der Waals surface area contributed by atoms with Crippen molar-refractivity contribution in [3.05, 3.63) is 0 Å². The smallest absolute Gasteiger partial charge is 0.00476 e. The van der Waals surface area contributed by atoms with Crippen LogP contribution < -0.4 is 5.32 Å². The summed E-state index contributed by atoms with van der Waals surface area (Å²) in [5.74, 6) is 1.64. The molecule has 1 N–H and O–H groups in total. The van der Waals surface area contributed by atoms with Crippen molar-refractivity contribution < 1.29 is 0 Å². The molecule has 1 aliphatic rings. The van der Waals surface area contributed by atoms with Crippen LogP contribution in [0.4, 0.5) is 0 Å². The van der Waals surface area contributed by atoms with Crippen LogP contribution in [0.15, 0.2) is 0 Å². The molecule has 2 unspecified atom stereocenters.